The third kappa shape index (κ3) is 2.83. The van der Waals surface area contributed by atoms with Crippen LogP contribution in [0.1, 0.15) is 18.4 Å². The van der Waals surface area contributed by atoms with Crippen LogP contribution in [0.5, 0.6) is 0 Å². The number of hydrogen-bond acceptors (Lipinski definition) is 6. The average Bonchev–Trinajstić information content (AvgIpc) is 2.85. The number of rotatable bonds is 5. The highest BCUT2D eigenvalue weighted by molar-refractivity contribution is 5.65. The third-order valence-corrected chi connectivity index (χ3v) is 3.55. The number of anilines is 1. The molecule has 1 aromatic rings. The molecule has 7 heteroatoms. The molecule has 1 aliphatic heterocycles. The number of hydrazine groups is 1. The van der Waals surface area contributed by atoms with Crippen LogP contribution < -0.4 is 11.3 Å². The monoisotopic (exact) mass is 266 g/mol. The predicted octanol–water partition coefficient (Wildman–Crippen LogP) is 0.837. The zero-order valence-corrected chi connectivity index (χ0v) is 10.6. The van der Waals surface area contributed by atoms with Crippen molar-refractivity contribution in [2.24, 2.45) is 5.84 Å². The van der Waals surface area contributed by atoms with E-state index in [4.69, 9.17) is 5.84 Å². The van der Waals surface area contributed by atoms with Crippen molar-refractivity contribution in [3.8, 4) is 0 Å². The molecule has 1 atom stereocenters. The van der Waals surface area contributed by atoms with E-state index < -0.39 is 4.92 Å². The van der Waals surface area contributed by atoms with E-state index in [0.29, 0.717) is 12.2 Å². The molecule has 1 aromatic carbocycles. The van der Waals surface area contributed by atoms with Gasteiger partial charge >= 0.3 is 0 Å². The Kier molecular flexibility index (Phi) is 4.31. The van der Waals surface area contributed by atoms with Crippen LogP contribution in [0.4, 0.5) is 11.4 Å². The van der Waals surface area contributed by atoms with Gasteiger partial charge in [0.15, 0.2) is 0 Å². The SMILES string of the molecule is NNc1c(CN2CCCC2CO)cccc1[N+](=O)[O-]. The summed E-state index contributed by atoms with van der Waals surface area (Å²) in [6, 6.07) is 5.02. The number of benzene rings is 1. The van der Waals surface area contributed by atoms with Crippen LogP contribution in [0, 0.1) is 10.1 Å². The van der Waals surface area contributed by atoms with Crippen molar-refractivity contribution in [3.05, 3.63) is 33.9 Å². The van der Waals surface area contributed by atoms with E-state index in [9.17, 15) is 15.2 Å². The topological polar surface area (TPSA) is 105 Å². The summed E-state index contributed by atoms with van der Waals surface area (Å²) in [6.45, 7) is 1.55. The van der Waals surface area contributed by atoms with Gasteiger partial charge in [0.25, 0.3) is 5.69 Å². The maximum absolute atomic E-state index is 10.9. The molecule has 1 fully saturated rings. The standard InChI is InChI=1S/C12H18N4O3/c13-14-12-9(3-1-5-11(12)16(18)19)7-15-6-2-4-10(15)8-17/h1,3,5,10,14,17H,2,4,6-8,13H2. The molecule has 1 unspecified atom stereocenters. The van der Waals surface area contributed by atoms with Crippen molar-refractivity contribution >= 4 is 11.4 Å². The molecule has 1 heterocycles. The number of aliphatic hydroxyl groups is 1. The fourth-order valence-corrected chi connectivity index (χ4v) is 2.57. The molecule has 19 heavy (non-hydrogen) atoms. The zero-order chi connectivity index (χ0) is 13.8. The molecule has 0 bridgehead atoms. The first-order chi connectivity index (χ1) is 9.17. The Labute approximate surface area is 111 Å². The number of likely N-dealkylation sites (tertiary alicyclic amines) is 1. The van der Waals surface area contributed by atoms with Gasteiger partial charge in [-0.05, 0) is 24.9 Å². The normalized spacial score (nSPS) is 19.6. The van der Waals surface area contributed by atoms with Gasteiger partial charge in [0.1, 0.15) is 5.69 Å². The highest BCUT2D eigenvalue weighted by Gasteiger charge is 2.25. The van der Waals surface area contributed by atoms with E-state index in [1.54, 1.807) is 6.07 Å². The zero-order valence-electron chi connectivity index (χ0n) is 10.6. The first kappa shape index (κ1) is 13.7. The molecule has 0 amide bonds. The van der Waals surface area contributed by atoms with Gasteiger partial charge in [-0.1, -0.05) is 12.1 Å². The van der Waals surface area contributed by atoms with E-state index >= 15 is 0 Å². The summed E-state index contributed by atoms with van der Waals surface area (Å²) in [4.78, 5) is 12.6. The van der Waals surface area contributed by atoms with Gasteiger partial charge in [-0.15, -0.1) is 0 Å². The van der Waals surface area contributed by atoms with Gasteiger partial charge in [-0.2, -0.15) is 0 Å². The van der Waals surface area contributed by atoms with Gasteiger partial charge in [0.05, 0.1) is 11.5 Å². The smallest absolute Gasteiger partial charge is 0.293 e. The highest BCUT2D eigenvalue weighted by Crippen LogP contribution is 2.30. The molecule has 0 saturated carbocycles. The van der Waals surface area contributed by atoms with E-state index in [1.165, 1.54) is 6.07 Å². The molecular weight excluding hydrogens is 248 g/mol. The number of nitro groups is 1. The second-order valence-corrected chi connectivity index (χ2v) is 4.66. The van der Waals surface area contributed by atoms with Crippen molar-refractivity contribution in [1.82, 2.24) is 4.90 Å². The minimum atomic E-state index is -0.452. The number of para-hydroxylation sites is 1. The molecule has 7 nitrogen and oxygen atoms in total. The van der Waals surface area contributed by atoms with Gasteiger partial charge in [0, 0.05) is 18.7 Å². The summed E-state index contributed by atoms with van der Waals surface area (Å²) in [5, 5.41) is 20.2. The first-order valence-electron chi connectivity index (χ1n) is 6.25. The van der Waals surface area contributed by atoms with Crippen LogP contribution in [0.25, 0.3) is 0 Å². The van der Waals surface area contributed by atoms with E-state index in [1.807, 2.05) is 6.07 Å². The van der Waals surface area contributed by atoms with Gasteiger partial charge in [0.2, 0.25) is 0 Å². The lowest BCUT2D eigenvalue weighted by atomic mass is 10.1. The summed E-state index contributed by atoms with van der Waals surface area (Å²) in [5.41, 5.74) is 3.51. The second kappa shape index (κ2) is 5.96. The Hall–Kier alpha value is -1.70. The quantitative estimate of drug-likeness (QED) is 0.414. The Bertz CT molecular complexity index is 466. The first-order valence-corrected chi connectivity index (χ1v) is 6.25. The van der Waals surface area contributed by atoms with Crippen molar-refractivity contribution in [1.29, 1.82) is 0 Å². The number of nitro benzene ring substituents is 1. The third-order valence-electron chi connectivity index (χ3n) is 3.55. The molecule has 0 spiro atoms. The number of nitrogens with one attached hydrogen (secondary N) is 1. The van der Waals surface area contributed by atoms with Crippen LogP contribution in [-0.2, 0) is 6.54 Å². The lowest BCUT2D eigenvalue weighted by molar-refractivity contribution is -0.384. The lowest BCUT2D eigenvalue weighted by Gasteiger charge is -2.23. The summed E-state index contributed by atoms with van der Waals surface area (Å²) < 4.78 is 0. The summed E-state index contributed by atoms with van der Waals surface area (Å²) in [6.07, 6.45) is 1.99. The molecule has 1 saturated heterocycles. The van der Waals surface area contributed by atoms with E-state index in [2.05, 4.69) is 10.3 Å². The van der Waals surface area contributed by atoms with Crippen LogP contribution >= 0.6 is 0 Å². The van der Waals surface area contributed by atoms with Gasteiger partial charge in [-0.25, -0.2) is 0 Å². The summed E-state index contributed by atoms with van der Waals surface area (Å²) in [5.74, 6) is 5.41. The Morgan fingerprint density at radius 1 is 1.58 bits per heavy atom. The average molecular weight is 266 g/mol. The molecule has 0 aromatic heterocycles. The number of nitrogens with two attached hydrogens (primary N) is 1. The molecular formula is C12H18N4O3. The molecule has 104 valence electrons. The lowest BCUT2D eigenvalue weighted by Crippen LogP contribution is -2.32. The van der Waals surface area contributed by atoms with Crippen LogP contribution in [0.2, 0.25) is 0 Å². The molecule has 4 N–H and O–H groups in total. The molecule has 0 aliphatic carbocycles. The summed E-state index contributed by atoms with van der Waals surface area (Å²) >= 11 is 0. The van der Waals surface area contributed by atoms with Crippen molar-refractivity contribution in [2.45, 2.75) is 25.4 Å². The van der Waals surface area contributed by atoms with E-state index in [-0.39, 0.29) is 18.3 Å². The number of aliphatic hydroxyl groups excluding tert-OH is 1. The fraction of sp³-hybridized carbons (Fsp3) is 0.500. The fourth-order valence-electron chi connectivity index (χ4n) is 2.57. The van der Waals surface area contributed by atoms with Crippen LogP contribution in [-0.4, -0.2) is 34.1 Å². The number of nitrogen functional groups attached to an aromatic ring is 1. The van der Waals surface area contributed by atoms with Crippen molar-refractivity contribution in [2.75, 3.05) is 18.6 Å². The highest BCUT2D eigenvalue weighted by atomic mass is 16.6. The largest absolute Gasteiger partial charge is 0.395 e. The summed E-state index contributed by atoms with van der Waals surface area (Å²) in [7, 11) is 0. The van der Waals surface area contributed by atoms with Gasteiger partial charge in [-0.3, -0.25) is 20.9 Å². The maximum atomic E-state index is 10.9. The molecule has 0 radical (unpaired) electrons. The predicted molar refractivity (Wildman–Crippen MR) is 71.4 cm³/mol. The molecule has 1 aliphatic rings. The Balaban J connectivity index is 2.24. The minimum absolute atomic E-state index is 0.0280. The Morgan fingerprint density at radius 3 is 3.00 bits per heavy atom. The van der Waals surface area contributed by atoms with E-state index in [0.717, 1.165) is 24.9 Å². The number of hydrogen-bond donors (Lipinski definition) is 3. The van der Waals surface area contributed by atoms with Gasteiger partial charge < -0.3 is 10.5 Å². The number of nitrogens with zero attached hydrogens (tertiary/aromatic N) is 2. The molecule has 2 rings (SSSR count). The van der Waals surface area contributed by atoms with Crippen LogP contribution in [0.3, 0.4) is 0 Å². The Morgan fingerprint density at radius 2 is 2.37 bits per heavy atom. The van der Waals surface area contributed by atoms with Crippen LogP contribution in [0.15, 0.2) is 18.2 Å². The van der Waals surface area contributed by atoms with Crippen molar-refractivity contribution in [3.63, 3.8) is 0 Å². The minimum Gasteiger partial charge on any atom is -0.395 e. The maximum Gasteiger partial charge on any atom is 0.293 e. The van der Waals surface area contributed by atoms with Crippen molar-refractivity contribution < 1.29 is 10.0 Å². The second-order valence-electron chi connectivity index (χ2n) is 4.66.